The summed E-state index contributed by atoms with van der Waals surface area (Å²) in [5.41, 5.74) is 2.69. The predicted octanol–water partition coefficient (Wildman–Crippen LogP) is 5.88. The van der Waals surface area contributed by atoms with Crippen LogP contribution < -0.4 is 0 Å². The Morgan fingerprint density at radius 3 is 2.37 bits per heavy atom. The molecular formula is C32H39N3O2S. The molecule has 38 heavy (non-hydrogen) atoms. The zero-order valence-corrected chi connectivity index (χ0v) is 22.9. The van der Waals surface area contributed by atoms with Crippen LogP contribution in [0.25, 0.3) is 0 Å². The van der Waals surface area contributed by atoms with Gasteiger partial charge in [-0.1, -0.05) is 73.5 Å². The third-order valence-electron chi connectivity index (χ3n) is 8.93. The van der Waals surface area contributed by atoms with Crippen LogP contribution in [-0.2, 0) is 11.2 Å². The van der Waals surface area contributed by atoms with Gasteiger partial charge in [0.15, 0.2) is 0 Å². The number of rotatable bonds is 10. The summed E-state index contributed by atoms with van der Waals surface area (Å²) in [6.45, 7) is 5.03. The number of carboxylic acids is 1. The number of nitrogens with zero attached hydrogens (tertiary/aromatic N) is 3. The molecule has 1 saturated carbocycles. The minimum absolute atomic E-state index is 0.333. The lowest BCUT2D eigenvalue weighted by Crippen LogP contribution is -2.41. The molecule has 2 saturated heterocycles. The molecule has 0 unspecified atom stereocenters. The molecule has 3 fully saturated rings. The Morgan fingerprint density at radius 1 is 0.974 bits per heavy atom. The van der Waals surface area contributed by atoms with E-state index in [1.807, 2.05) is 11.3 Å². The molecule has 1 aromatic heterocycles. The normalized spacial score (nSPS) is 24.0. The van der Waals surface area contributed by atoms with Gasteiger partial charge in [0, 0.05) is 43.0 Å². The van der Waals surface area contributed by atoms with Gasteiger partial charge < -0.3 is 10.0 Å². The summed E-state index contributed by atoms with van der Waals surface area (Å²) in [6, 6.07) is 21.1. The van der Waals surface area contributed by atoms with Crippen LogP contribution in [-0.4, -0.2) is 64.6 Å². The Labute approximate surface area is 230 Å². The van der Waals surface area contributed by atoms with E-state index >= 15 is 0 Å². The largest absolute Gasteiger partial charge is 0.480 e. The first kappa shape index (κ1) is 25.7. The van der Waals surface area contributed by atoms with Gasteiger partial charge in [-0.15, -0.1) is 11.3 Å². The number of carbonyl (C=O) groups is 1. The monoisotopic (exact) mass is 529 g/mol. The van der Waals surface area contributed by atoms with Crippen molar-refractivity contribution in [2.24, 2.45) is 11.8 Å². The lowest BCUT2D eigenvalue weighted by molar-refractivity contribution is -0.143. The van der Waals surface area contributed by atoms with Gasteiger partial charge in [-0.25, -0.2) is 4.98 Å². The van der Waals surface area contributed by atoms with Crippen molar-refractivity contribution in [2.45, 2.75) is 56.4 Å². The molecule has 5 nitrogen and oxygen atoms in total. The van der Waals surface area contributed by atoms with E-state index in [-0.39, 0.29) is 6.04 Å². The van der Waals surface area contributed by atoms with Gasteiger partial charge in [0.05, 0.1) is 5.01 Å². The SMILES string of the molecule is O=C(O)[C@@H](CC1CC1)N1C[C@H](CN2CCC(c3cnc(Cc4ccccc4)s3)CC2)[C@@H](c2ccccc2)C1. The van der Waals surface area contributed by atoms with Crippen molar-refractivity contribution < 1.29 is 9.90 Å². The standard InChI is InChI=1S/C32H39N3O2S/c36-32(37)29(17-24-11-12-24)35-21-27(28(22-35)25-9-5-2-6-10-25)20-34-15-13-26(14-16-34)30-19-33-31(38-30)18-23-7-3-1-4-8-23/h1-10,19,24,26-29H,11-18,20-22H2,(H,36,37)/t27-,28+,29+/m0/s1. The molecule has 3 aliphatic rings. The van der Waals surface area contributed by atoms with E-state index in [4.69, 9.17) is 4.98 Å². The van der Waals surface area contributed by atoms with Crippen LogP contribution in [0.3, 0.4) is 0 Å². The fourth-order valence-electron chi connectivity index (χ4n) is 6.59. The molecule has 0 bridgehead atoms. The second-order valence-electron chi connectivity index (χ2n) is 11.7. The number of aliphatic carboxylic acids is 1. The average Bonchev–Trinajstić information content (AvgIpc) is 3.50. The van der Waals surface area contributed by atoms with Crippen molar-refractivity contribution in [3.8, 4) is 0 Å². The predicted molar refractivity (Wildman–Crippen MR) is 153 cm³/mol. The number of thiazole rings is 1. The zero-order valence-electron chi connectivity index (χ0n) is 22.1. The molecule has 3 aromatic rings. The van der Waals surface area contributed by atoms with Crippen molar-refractivity contribution in [1.82, 2.24) is 14.8 Å². The average molecular weight is 530 g/mol. The summed E-state index contributed by atoms with van der Waals surface area (Å²) in [5.74, 6) is 1.45. The topological polar surface area (TPSA) is 56.7 Å². The maximum absolute atomic E-state index is 12.2. The van der Waals surface area contributed by atoms with E-state index in [1.165, 1.54) is 46.7 Å². The van der Waals surface area contributed by atoms with E-state index in [0.717, 1.165) is 45.6 Å². The maximum Gasteiger partial charge on any atom is 0.320 e. The minimum atomic E-state index is -0.638. The van der Waals surface area contributed by atoms with Gasteiger partial charge in [-0.3, -0.25) is 9.69 Å². The molecule has 200 valence electrons. The molecule has 6 heteroatoms. The van der Waals surface area contributed by atoms with Crippen LogP contribution in [0.4, 0.5) is 0 Å². The second kappa shape index (κ2) is 11.7. The molecule has 2 aliphatic heterocycles. The van der Waals surface area contributed by atoms with Gasteiger partial charge >= 0.3 is 5.97 Å². The maximum atomic E-state index is 12.2. The van der Waals surface area contributed by atoms with Crippen LogP contribution in [0.2, 0.25) is 0 Å². The van der Waals surface area contributed by atoms with Crippen molar-refractivity contribution >= 4 is 17.3 Å². The molecule has 2 aromatic carbocycles. The summed E-state index contributed by atoms with van der Waals surface area (Å²) in [4.78, 5) is 23.3. The first-order valence-electron chi connectivity index (χ1n) is 14.3. The van der Waals surface area contributed by atoms with Gasteiger partial charge in [-0.2, -0.15) is 0 Å². The van der Waals surface area contributed by atoms with Crippen molar-refractivity contribution in [2.75, 3.05) is 32.7 Å². The van der Waals surface area contributed by atoms with E-state index in [1.54, 1.807) is 0 Å². The molecule has 0 spiro atoms. The third kappa shape index (κ3) is 6.19. The summed E-state index contributed by atoms with van der Waals surface area (Å²) in [6.07, 6.45) is 8.61. The number of likely N-dealkylation sites (tertiary alicyclic amines) is 2. The number of carboxylic acid groups (broad SMARTS) is 1. The highest BCUT2D eigenvalue weighted by molar-refractivity contribution is 7.11. The molecule has 1 aliphatic carbocycles. The Hall–Kier alpha value is -2.54. The minimum Gasteiger partial charge on any atom is -0.480 e. The van der Waals surface area contributed by atoms with Crippen molar-refractivity contribution in [3.05, 3.63) is 87.9 Å². The Morgan fingerprint density at radius 2 is 1.68 bits per heavy atom. The number of hydrogen-bond acceptors (Lipinski definition) is 5. The molecule has 6 rings (SSSR count). The van der Waals surface area contributed by atoms with Crippen LogP contribution in [0.15, 0.2) is 66.9 Å². The van der Waals surface area contributed by atoms with Crippen LogP contribution in [0.1, 0.15) is 65.0 Å². The van der Waals surface area contributed by atoms with Gasteiger partial charge in [0.1, 0.15) is 6.04 Å². The first-order valence-corrected chi connectivity index (χ1v) is 15.2. The first-order chi connectivity index (χ1) is 18.6. The summed E-state index contributed by atoms with van der Waals surface area (Å²) in [5, 5.41) is 11.3. The Balaban J connectivity index is 1.08. The van der Waals surface area contributed by atoms with Gasteiger partial charge in [0.25, 0.3) is 0 Å². The van der Waals surface area contributed by atoms with E-state index in [9.17, 15) is 9.90 Å². The van der Waals surface area contributed by atoms with Crippen LogP contribution >= 0.6 is 11.3 Å². The number of benzene rings is 2. The number of aromatic nitrogens is 1. The quantitative estimate of drug-likeness (QED) is 0.355. The summed E-state index contributed by atoms with van der Waals surface area (Å²) in [7, 11) is 0. The highest BCUT2D eigenvalue weighted by Gasteiger charge is 2.42. The molecule has 3 atom stereocenters. The van der Waals surface area contributed by atoms with Crippen molar-refractivity contribution in [1.29, 1.82) is 0 Å². The highest BCUT2D eigenvalue weighted by atomic mass is 32.1. The van der Waals surface area contributed by atoms with Crippen molar-refractivity contribution in [3.63, 3.8) is 0 Å². The number of hydrogen-bond donors (Lipinski definition) is 1. The molecule has 0 radical (unpaired) electrons. The molecule has 0 amide bonds. The molecule has 1 N–H and O–H groups in total. The fourth-order valence-corrected chi connectivity index (χ4v) is 7.72. The second-order valence-corrected chi connectivity index (χ2v) is 12.8. The highest BCUT2D eigenvalue weighted by Crippen LogP contribution is 2.40. The summed E-state index contributed by atoms with van der Waals surface area (Å²) >= 11 is 1.89. The smallest absolute Gasteiger partial charge is 0.320 e. The van der Waals surface area contributed by atoms with Crippen LogP contribution in [0.5, 0.6) is 0 Å². The molecule has 3 heterocycles. The molecular weight excluding hydrogens is 490 g/mol. The third-order valence-corrected chi connectivity index (χ3v) is 10.1. The Kier molecular flexibility index (Phi) is 7.91. The Bertz CT molecular complexity index is 1190. The van der Waals surface area contributed by atoms with Crippen LogP contribution in [0, 0.1) is 11.8 Å². The lowest BCUT2D eigenvalue weighted by atomic mass is 9.87. The zero-order chi connectivity index (χ0) is 25.9. The number of piperidine rings is 1. The van der Waals surface area contributed by atoms with E-state index in [2.05, 4.69) is 76.7 Å². The lowest BCUT2D eigenvalue weighted by Gasteiger charge is -2.34. The van der Waals surface area contributed by atoms with Gasteiger partial charge in [-0.05, 0) is 61.2 Å². The van der Waals surface area contributed by atoms with E-state index in [0.29, 0.717) is 23.7 Å². The van der Waals surface area contributed by atoms with Gasteiger partial charge in [0.2, 0.25) is 0 Å². The fraction of sp³-hybridized carbons (Fsp3) is 0.500. The van der Waals surface area contributed by atoms with E-state index < -0.39 is 5.97 Å². The summed E-state index contributed by atoms with van der Waals surface area (Å²) < 4.78 is 0.